The zero-order valence-corrected chi connectivity index (χ0v) is 36.8. The van der Waals surface area contributed by atoms with E-state index < -0.39 is 60.8 Å². The molecule has 352 valence electrons. The number of hydrogen-bond donors (Lipinski definition) is 6. The van der Waals surface area contributed by atoms with E-state index in [9.17, 15) is 37.5 Å². The molecule has 1 saturated carbocycles. The summed E-state index contributed by atoms with van der Waals surface area (Å²) in [5, 5.41) is 18.3. The first-order valence-corrected chi connectivity index (χ1v) is 22.1. The van der Waals surface area contributed by atoms with Gasteiger partial charge in [0, 0.05) is 41.0 Å². The number of nitrogens with one attached hydrogen (secondary N) is 5. The number of aromatic nitrogens is 5. The van der Waals surface area contributed by atoms with Gasteiger partial charge >= 0.3 is 11.8 Å². The van der Waals surface area contributed by atoms with Crippen molar-refractivity contribution in [2.45, 2.75) is 49.8 Å². The van der Waals surface area contributed by atoms with Gasteiger partial charge in [0.1, 0.15) is 18.5 Å². The van der Waals surface area contributed by atoms with Crippen LogP contribution >= 0.6 is 0 Å². The minimum atomic E-state index is -3.34. The van der Waals surface area contributed by atoms with Crippen molar-refractivity contribution < 1.29 is 37.5 Å². The van der Waals surface area contributed by atoms with E-state index in [1.54, 1.807) is 24.4 Å². The number of Topliss-reactive ketones (excluding diaryl/α,β-unsaturated/α-hetero) is 1. The van der Waals surface area contributed by atoms with Crippen LogP contribution in [0.25, 0.3) is 38.9 Å². The Labute approximate surface area is 391 Å². The molecule has 4 aromatic heterocycles. The molecule has 3 aromatic carbocycles. The molecule has 1 aliphatic carbocycles. The second-order valence-corrected chi connectivity index (χ2v) is 16.9. The lowest BCUT2D eigenvalue weighted by Crippen LogP contribution is -2.50. The highest BCUT2D eigenvalue weighted by Crippen LogP contribution is 2.43. The molecule has 1 aliphatic heterocycles. The number of nitrogens with two attached hydrogens (primary N) is 1. The highest BCUT2D eigenvalue weighted by atomic mass is 19.3. The molecule has 2 fully saturated rings. The molecule has 0 unspecified atom stereocenters. The first kappa shape index (κ1) is 45.8. The summed E-state index contributed by atoms with van der Waals surface area (Å²) < 4.78 is 36.3. The molecule has 9 rings (SSSR count). The number of ether oxygens (including phenoxy) is 1. The smallest absolute Gasteiger partial charge is 0.408 e. The maximum absolute atomic E-state index is 14.6. The summed E-state index contributed by atoms with van der Waals surface area (Å²) in [6.07, 6.45) is 3.64. The van der Waals surface area contributed by atoms with Gasteiger partial charge in [0.15, 0.2) is 11.4 Å². The van der Waals surface area contributed by atoms with Crippen molar-refractivity contribution in [2.75, 3.05) is 36.8 Å². The van der Waals surface area contributed by atoms with Crippen molar-refractivity contribution in [3.05, 3.63) is 143 Å². The fourth-order valence-electron chi connectivity index (χ4n) is 8.49. The first-order valence-electron chi connectivity index (χ1n) is 22.1. The van der Waals surface area contributed by atoms with Crippen molar-refractivity contribution in [2.24, 2.45) is 5.73 Å². The molecule has 2 aliphatic rings. The molecule has 1 saturated heterocycles. The summed E-state index contributed by atoms with van der Waals surface area (Å²) in [6, 6.07) is 29.1. The van der Waals surface area contributed by atoms with E-state index in [0.717, 1.165) is 44.7 Å². The van der Waals surface area contributed by atoms with Gasteiger partial charge in [0.2, 0.25) is 11.8 Å². The molecule has 7 aromatic rings. The Morgan fingerprint density at radius 2 is 1.67 bits per heavy atom. The van der Waals surface area contributed by atoms with Gasteiger partial charge in [0.25, 0.3) is 11.8 Å². The summed E-state index contributed by atoms with van der Waals surface area (Å²) in [5.41, 5.74) is 10.7. The Morgan fingerprint density at radius 3 is 2.36 bits per heavy atom. The molecule has 5 heterocycles. The summed E-state index contributed by atoms with van der Waals surface area (Å²) in [4.78, 5) is 85.9. The van der Waals surface area contributed by atoms with E-state index in [0.29, 0.717) is 35.4 Å². The average Bonchev–Trinajstić information content (AvgIpc) is 3.91. The third-order valence-electron chi connectivity index (χ3n) is 12.3. The first-order chi connectivity index (χ1) is 33.3. The Hall–Kier alpha value is -8.39. The van der Waals surface area contributed by atoms with Crippen molar-refractivity contribution in [1.82, 2.24) is 40.1 Å². The second kappa shape index (κ2) is 19.1. The van der Waals surface area contributed by atoms with Crippen LogP contribution in [-0.4, -0.2) is 97.2 Å². The average molecular weight is 938 g/mol. The molecule has 69 heavy (non-hydrogen) atoms. The van der Waals surface area contributed by atoms with Gasteiger partial charge in [-0.15, -0.1) is 0 Å². The molecule has 1 atom stereocenters. The third-order valence-corrected chi connectivity index (χ3v) is 12.3. The highest BCUT2D eigenvalue weighted by Gasteiger charge is 2.50. The molecule has 20 heteroatoms. The summed E-state index contributed by atoms with van der Waals surface area (Å²) >= 11 is 0. The van der Waals surface area contributed by atoms with Crippen LogP contribution < -0.4 is 32.7 Å². The minimum absolute atomic E-state index is 0.0461. The van der Waals surface area contributed by atoms with Gasteiger partial charge in [-0.2, -0.15) is 5.10 Å². The molecule has 0 spiro atoms. The molecule has 18 nitrogen and oxygen atoms in total. The number of H-pyrrole nitrogens is 1. The number of hydrogen-bond acceptors (Lipinski definition) is 12. The number of nitrogens with zero attached hydrogens (tertiary/aromatic N) is 5. The van der Waals surface area contributed by atoms with Crippen LogP contribution in [0.5, 0.6) is 0 Å². The van der Waals surface area contributed by atoms with Crippen molar-refractivity contribution in [1.29, 1.82) is 0 Å². The number of aromatic amines is 1. The number of likely N-dealkylation sites (tertiary alicyclic amines) is 1. The maximum atomic E-state index is 14.6. The number of amides is 4. The highest BCUT2D eigenvalue weighted by molar-refractivity contribution is 6.00. The molecular weight excluding hydrogens is 893 g/mol. The minimum Gasteiger partial charge on any atom is -0.445 e. The Morgan fingerprint density at radius 1 is 0.899 bits per heavy atom. The monoisotopic (exact) mass is 937 g/mol. The summed E-state index contributed by atoms with van der Waals surface area (Å²) in [5.74, 6) is -5.69. The molecule has 4 amide bonds. The zero-order valence-electron chi connectivity index (χ0n) is 36.8. The van der Waals surface area contributed by atoms with Crippen LogP contribution in [-0.2, 0) is 31.3 Å². The number of alkyl carbamates (subject to hydrolysis) is 1. The third kappa shape index (κ3) is 9.87. The lowest BCUT2D eigenvalue weighted by atomic mass is 9.71. The number of alkyl halides is 2. The number of anilines is 2. The van der Waals surface area contributed by atoms with Gasteiger partial charge in [0.05, 0.1) is 48.5 Å². The van der Waals surface area contributed by atoms with Gasteiger partial charge in [-0.05, 0) is 72.4 Å². The molecular formula is C49H45F2N11O7. The number of halogens is 2. The second-order valence-electron chi connectivity index (χ2n) is 16.9. The van der Waals surface area contributed by atoms with E-state index in [1.807, 2.05) is 60.7 Å². The van der Waals surface area contributed by atoms with Gasteiger partial charge < -0.3 is 36.6 Å². The number of carbonyl (C=O) groups excluding carboxylic acids is 5. The van der Waals surface area contributed by atoms with Crippen LogP contribution in [0.4, 0.5) is 25.1 Å². The molecule has 0 radical (unpaired) electrons. The van der Waals surface area contributed by atoms with Crippen LogP contribution in [0.2, 0.25) is 0 Å². The number of ketones is 1. The largest absolute Gasteiger partial charge is 0.445 e. The number of pyridine rings is 3. The van der Waals surface area contributed by atoms with E-state index in [-0.39, 0.29) is 42.4 Å². The predicted molar refractivity (Wildman–Crippen MR) is 250 cm³/mol. The normalized spacial score (nSPS) is 15.8. The van der Waals surface area contributed by atoms with Crippen LogP contribution in [0.1, 0.15) is 47.2 Å². The lowest BCUT2D eigenvalue weighted by molar-refractivity contribution is -0.136. The number of rotatable bonds is 15. The van der Waals surface area contributed by atoms with E-state index in [2.05, 4.69) is 36.4 Å². The van der Waals surface area contributed by atoms with Crippen molar-refractivity contribution in [3.8, 4) is 22.4 Å². The van der Waals surface area contributed by atoms with Crippen LogP contribution in [0.15, 0.2) is 120 Å². The predicted octanol–water partition coefficient (Wildman–Crippen LogP) is 5.15. The lowest BCUT2D eigenvalue weighted by Gasteiger charge is -2.42. The summed E-state index contributed by atoms with van der Waals surface area (Å²) in [6.45, 7) is -1.94. The van der Waals surface area contributed by atoms with Crippen molar-refractivity contribution >= 4 is 57.7 Å². The molecule has 7 N–H and O–H groups in total. The van der Waals surface area contributed by atoms with Crippen LogP contribution in [0, 0.1) is 0 Å². The SMILES string of the molecule is NCC(=O)CNc1ccc(C(=O)NCC(=O)N2CC(F)(F)C[C@H]2C(=O)Nc2ccc(COC(=O)NC3(c4ccc(-c5nc6ccn7c(=O)[nH]nc7c6cc5-c5ccccc5)cc4)CCC3)cc2)cn1. The van der Waals surface area contributed by atoms with Crippen molar-refractivity contribution in [3.63, 3.8) is 0 Å². The number of benzene rings is 3. The fraction of sp³-hybridized carbons (Fsp3) is 0.245. The number of fused-ring (bicyclic) bond motifs is 3. The number of carbonyl (C=O) groups is 5. The van der Waals surface area contributed by atoms with E-state index >= 15 is 0 Å². The zero-order chi connectivity index (χ0) is 48.3. The maximum Gasteiger partial charge on any atom is 0.408 e. The topological polar surface area (TPSA) is 248 Å². The molecule has 0 bridgehead atoms. The van der Waals surface area contributed by atoms with Gasteiger partial charge in [-0.3, -0.25) is 19.2 Å². The Kier molecular flexibility index (Phi) is 12.6. The van der Waals surface area contributed by atoms with E-state index in [1.165, 1.54) is 34.9 Å². The standard InChI is InChI=1S/C49H45F2N11O7/c50-49(51)22-39(62(28-49)41(64)26-55-44(65)32-11-16-40(53-24-32)54-25-35(63)23-52)45(66)56-34-14-7-29(8-15-34)27-69-47(68)58-48(18-4-19-48)33-12-9-31(10-13-33)42-36(30-5-2-1-3-6-30)21-37-38(57-42)17-20-61-43(37)59-60-46(61)67/h1-3,5-17,20-21,24,39H,4,18-19,22-23,25-28,52H2,(H,53,54)(H,55,65)(H,56,66)(H,58,68)(H,60,67)/t39-/m0/s1. The van der Waals surface area contributed by atoms with E-state index in [4.69, 9.17) is 15.5 Å². The van der Waals surface area contributed by atoms with Crippen LogP contribution in [0.3, 0.4) is 0 Å². The fourth-order valence-corrected chi connectivity index (χ4v) is 8.49. The quantitative estimate of drug-likeness (QED) is 0.0782. The van der Waals surface area contributed by atoms with Gasteiger partial charge in [-0.1, -0.05) is 66.7 Å². The summed E-state index contributed by atoms with van der Waals surface area (Å²) in [7, 11) is 0. The Bertz CT molecular complexity index is 3140. The Balaban J connectivity index is 0.794. The van der Waals surface area contributed by atoms with Gasteiger partial charge in [-0.25, -0.2) is 37.8 Å².